The Balaban J connectivity index is 1.25. The van der Waals surface area contributed by atoms with Crippen molar-refractivity contribution in [1.29, 1.82) is 0 Å². The summed E-state index contributed by atoms with van der Waals surface area (Å²) in [4.78, 5) is 5.00. The Morgan fingerprint density at radius 2 is 0.841 bits per heavy atom. The van der Waals surface area contributed by atoms with E-state index in [2.05, 4.69) is 221 Å². The van der Waals surface area contributed by atoms with Gasteiger partial charge in [-0.2, -0.15) is 0 Å². The normalized spacial score (nSPS) is 20.7. The van der Waals surface area contributed by atoms with Crippen molar-refractivity contribution in [2.75, 3.05) is 9.80 Å². The van der Waals surface area contributed by atoms with E-state index in [0.717, 1.165) is 87.5 Å². The van der Waals surface area contributed by atoms with Gasteiger partial charge in [-0.1, -0.05) is 168 Å². The molecule has 0 amide bonds. The molecule has 3 heteroatoms. The smallest absolute Gasteiger partial charge is 0.252 e. The molecule has 0 N–H and O–H groups in total. The fourth-order valence-corrected chi connectivity index (χ4v) is 14.8. The maximum absolute atomic E-state index is 9.31. The SMILES string of the molecule is [2H]C([2H])([2H])c1cc2c3c(c1)N(c1ccc(-c4ccccc4)cc1-c1ccccc1)c1cc4c(cc1B3c1cc3c(cc1N2c1cc2c(cc1C)C(C)(C)CC2(C)C)C(C)(C)CC3(C)C)C(C)(C)CCC4(C)C. The summed E-state index contributed by atoms with van der Waals surface area (Å²) in [7, 11) is 0. The summed E-state index contributed by atoms with van der Waals surface area (Å²) < 4.78 is 27.9. The predicted octanol–water partition coefficient (Wildman–Crippen LogP) is 16.0. The van der Waals surface area contributed by atoms with Gasteiger partial charge in [0, 0.05) is 38.1 Å². The van der Waals surface area contributed by atoms with Crippen molar-refractivity contribution >= 4 is 57.2 Å². The van der Waals surface area contributed by atoms with Gasteiger partial charge in [-0.25, -0.2) is 0 Å². The number of fused-ring (bicyclic) bond motifs is 7. The summed E-state index contributed by atoms with van der Waals surface area (Å²) in [5.41, 5.74) is 24.4. The monoisotopic (exact) mass is 906 g/mol. The number of rotatable bonds is 4. The third kappa shape index (κ3) is 6.50. The molecule has 69 heavy (non-hydrogen) atoms. The van der Waals surface area contributed by atoms with Crippen LogP contribution in [0.1, 0.15) is 157 Å². The molecule has 7 aromatic rings. The molecule has 5 aliphatic rings. The Hall–Kier alpha value is -5.80. The van der Waals surface area contributed by atoms with Crippen molar-refractivity contribution in [2.24, 2.45) is 0 Å². The van der Waals surface area contributed by atoms with Crippen LogP contribution in [0.2, 0.25) is 0 Å². The number of hydrogen-bond donors (Lipinski definition) is 0. The van der Waals surface area contributed by atoms with Gasteiger partial charge in [0.15, 0.2) is 0 Å². The van der Waals surface area contributed by atoms with Crippen molar-refractivity contribution in [3.05, 3.63) is 172 Å². The molecule has 348 valence electrons. The van der Waals surface area contributed by atoms with Gasteiger partial charge in [-0.3, -0.25) is 0 Å². The highest BCUT2D eigenvalue weighted by molar-refractivity contribution is 7.00. The highest BCUT2D eigenvalue weighted by atomic mass is 15.2. The van der Waals surface area contributed by atoms with Gasteiger partial charge < -0.3 is 9.80 Å². The van der Waals surface area contributed by atoms with Gasteiger partial charge in [0.2, 0.25) is 0 Å². The van der Waals surface area contributed by atoms with E-state index in [1.165, 1.54) is 49.9 Å². The minimum atomic E-state index is -2.39. The van der Waals surface area contributed by atoms with Crippen LogP contribution in [0.25, 0.3) is 22.3 Å². The summed E-state index contributed by atoms with van der Waals surface area (Å²) in [6.45, 7) is 28.8. The van der Waals surface area contributed by atoms with E-state index in [0.29, 0.717) is 5.56 Å². The minimum Gasteiger partial charge on any atom is -0.311 e. The van der Waals surface area contributed by atoms with E-state index < -0.39 is 6.85 Å². The molecule has 0 spiro atoms. The lowest BCUT2D eigenvalue weighted by atomic mass is 9.32. The highest BCUT2D eigenvalue weighted by Gasteiger charge is 2.51. The molecule has 12 rings (SSSR count). The second-order valence-corrected chi connectivity index (χ2v) is 25.8. The van der Waals surface area contributed by atoms with Crippen LogP contribution in [0.5, 0.6) is 0 Å². The maximum Gasteiger partial charge on any atom is 0.252 e. The fraction of sp³-hybridized carbons (Fsp3) is 0.364. The second-order valence-electron chi connectivity index (χ2n) is 25.8. The number of nitrogens with zero attached hydrogens (tertiary/aromatic N) is 2. The average molecular weight is 906 g/mol. The molecule has 2 heterocycles. The first-order valence-corrected chi connectivity index (χ1v) is 25.8. The molecule has 0 saturated heterocycles. The largest absolute Gasteiger partial charge is 0.311 e. The van der Waals surface area contributed by atoms with Crippen LogP contribution in [0.15, 0.2) is 127 Å². The van der Waals surface area contributed by atoms with Gasteiger partial charge >= 0.3 is 0 Å². The average Bonchev–Trinajstić information content (AvgIpc) is 3.62. The molecule has 0 saturated carbocycles. The van der Waals surface area contributed by atoms with Gasteiger partial charge in [0.25, 0.3) is 6.71 Å². The Morgan fingerprint density at radius 3 is 1.36 bits per heavy atom. The maximum atomic E-state index is 9.31. The molecule has 7 aromatic carbocycles. The van der Waals surface area contributed by atoms with Crippen molar-refractivity contribution in [1.82, 2.24) is 0 Å². The zero-order valence-corrected chi connectivity index (χ0v) is 43.4. The van der Waals surface area contributed by atoms with E-state index in [1.54, 1.807) is 0 Å². The zero-order chi connectivity index (χ0) is 51.0. The van der Waals surface area contributed by atoms with Crippen LogP contribution in [0.4, 0.5) is 34.1 Å². The number of benzene rings is 7. The quantitative estimate of drug-likeness (QED) is 0.162. The van der Waals surface area contributed by atoms with Crippen molar-refractivity contribution < 1.29 is 4.11 Å². The van der Waals surface area contributed by atoms with Crippen LogP contribution >= 0.6 is 0 Å². The predicted molar refractivity (Wildman–Crippen MR) is 297 cm³/mol. The van der Waals surface area contributed by atoms with Crippen molar-refractivity contribution in [2.45, 2.75) is 155 Å². The third-order valence-corrected chi connectivity index (χ3v) is 17.9. The van der Waals surface area contributed by atoms with Crippen molar-refractivity contribution in [3.8, 4) is 22.3 Å². The lowest BCUT2D eigenvalue weighted by Crippen LogP contribution is -2.62. The van der Waals surface area contributed by atoms with E-state index in [4.69, 9.17) is 0 Å². The summed E-state index contributed by atoms with van der Waals surface area (Å²) in [5.74, 6) is 0. The molecule has 0 atom stereocenters. The number of aryl methyl sites for hydroxylation is 2. The van der Waals surface area contributed by atoms with Gasteiger partial charge in [0.1, 0.15) is 0 Å². The highest BCUT2D eigenvalue weighted by Crippen LogP contribution is 2.57. The summed E-state index contributed by atoms with van der Waals surface area (Å²) >= 11 is 0. The fourth-order valence-electron chi connectivity index (χ4n) is 14.8. The summed E-state index contributed by atoms with van der Waals surface area (Å²) in [6, 6.07) is 47.7. The Labute approximate surface area is 418 Å². The number of hydrogen-bond acceptors (Lipinski definition) is 2. The van der Waals surface area contributed by atoms with Crippen molar-refractivity contribution in [3.63, 3.8) is 0 Å². The first-order valence-electron chi connectivity index (χ1n) is 27.3. The van der Waals surface area contributed by atoms with Crippen LogP contribution in [-0.4, -0.2) is 6.71 Å². The van der Waals surface area contributed by atoms with Crippen LogP contribution < -0.4 is 26.2 Å². The molecule has 2 aliphatic heterocycles. The molecule has 0 aromatic heterocycles. The molecule has 3 aliphatic carbocycles. The lowest BCUT2D eigenvalue weighted by Gasteiger charge is -2.48. The molecule has 0 radical (unpaired) electrons. The summed E-state index contributed by atoms with van der Waals surface area (Å²) in [6.07, 6.45) is 4.31. The molecule has 0 fully saturated rings. The Morgan fingerprint density at radius 1 is 0.406 bits per heavy atom. The molecule has 0 bridgehead atoms. The topological polar surface area (TPSA) is 6.48 Å². The van der Waals surface area contributed by atoms with Gasteiger partial charge in [-0.15, -0.1) is 0 Å². The molecular weight excluding hydrogens is 832 g/mol. The van der Waals surface area contributed by atoms with Crippen LogP contribution in [0, 0.1) is 13.8 Å². The molecule has 2 nitrogen and oxygen atoms in total. The van der Waals surface area contributed by atoms with Gasteiger partial charge in [-0.05, 0) is 192 Å². The summed E-state index contributed by atoms with van der Waals surface area (Å²) in [5, 5.41) is 0. The van der Waals surface area contributed by atoms with Crippen LogP contribution in [0.3, 0.4) is 0 Å². The first kappa shape index (κ1) is 41.0. The third-order valence-electron chi connectivity index (χ3n) is 17.9. The van der Waals surface area contributed by atoms with E-state index in [-0.39, 0.29) is 39.2 Å². The van der Waals surface area contributed by atoms with E-state index >= 15 is 0 Å². The standard InChI is InChI=1S/C66H71BN2/c1-40-29-58-60-59(30-40)69(55-35-50-46(31-41(55)2)63(7,8)38-65(50,11)12)57-37-51-48(64(9,10)39-66(51,13)14)34-53(57)67(60)52-33-47-49(62(5,6)28-27-61(47,3)4)36-56(52)68(58)54-26-25-44(42-21-17-15-18-22-42)32-45(54)43-23-19-16-20-24-43/h15-26,29-37H,27-28,38-39H2,1-14H3/i1D3. The first-order chi connectivity index (χ1) is 33.7. The van der Waals surface area contributed by atoms with E-state index in [9.17, 15) is 4.11 Å². The van der Waals surface area contributed by atoms with E-state index in [1.807, 2.05) is 6.07 Å². The van der Waals surface area contributed by atoms with Crippen LogP contribution in [-0.2, 0) is 32.5 Å². The molecular formula is C66H71BN2. The Bertz CT molecular complexity index is 3430. The number of anilines is 6. The zero-order valence-electron chi connectivity index (χ0n) is 46.4. The Kier molecular flexibility index (Phi) is 8.56. The minimum absolute atomic E-state index is 0.0298. The second kappa shape index (κ2) is 14.4. The van der Waals surface area contributed by atoms with Gasteiger partial charge in [0.05, 0.1) is 5.69 Å². The molecule has 0 unspecified atom stereocenters. The lowest BCUT2D eigenvalue weighted by molar-refractivity contribution is 0.332.